The molecule has 0 fully saturated rings. The van der Waals surface area contributed by atoms with Crippen molar-refractivity contribution < 1.29 is 9.53 Å². The molecule has 0 aromatic heterocycles. The molecule has 1 unspecified atom stereocenters. The monoisotopic (exact) mass is 404 g/mol. The molecule has 0 radical (unpaired) electrons. The van der Waals surface area contributed by atoms with Crippen LogP contribution in [0.3, 0.4) is 0 Å². The summed E-state index contributed by atoms with van der Waals surface area (Å²) in [6, 6.07) is 13.2. The number of rotatable bonds is 5. The summed E-state index contributed by atoms with van der Waals surface area (Å²) in [5, 5.41) is 0. The van der Waals surface area contributed by atoms with Crippen LogP contribution in [0.25, 0.3) is 6.08 Å². The molecule has 2 heteroatoms. The normalized spacial score (nSPS) is 18.1. The van der Waals surface area contributed by atoms with Crippen LogP contribution in [0.1, 0.15) is 93.7 Å². The van der Waals surface area contributed by atoms with Crippen molar-refractivity contribution >= 4 is 12.0 Å². The average molecular weight is 405 g/mol. The van der Waals surface area contributed by atoms with E-state index in [9.17, 15) is 4.79 Å². The molecule has 2 aromatic carbocycles. The lowest BCUT2D eigenvalue weighted by molar-refractivity contribution is -0.137. The highest BCUT2D eigenvalue weighted by atomic mass is 16.5. The molecular weight excluding hydrogens is 368 g/mol. The quantitative estimate of drug-likeness (QED) is 0.393. The van der Waals surface area contributed by atoms with Crippen LogP contribution in [-0.4, -0.2) is 12.6 Å². The van der Waals surface area contributed by atoms with E-state index in [2.05, 4.69) is 71.9 Å². The van der Waals surface area contributed by atoms with Crippen LogP contribution >= 0.6 is 0 Å². The third-order valence-corrected chi connectivity index (χ3v) is 6.85. The summed E-state index contributed by atoms with van der Waals surface area (Å²) in [4.78, 5) is 11.8. The molecule has 0 amide bonds. The molecule has 0 aliphatic heterocycles. The topological polar surface area (TPSA) is 26.3 Å². The van der Waals surface area contributed by atoms with Gasteiger partial charge in [0.15, 0.2) is 0 Å². The Bertz CT molecular complexity index is 963. The molecule has 0 spiro atoms. The summed E-state index contributed by atoms with van der Waals surface area (Å²) in [6.07, 6.45) is 5.84. The summed E-state index contributed by atoms with van der Waals surface area (Å²) < 4.78 is 5.05. The predicted octanol–water partition coefficient (Wildman–Crippen LogP) is 7.07. The minimum Gasteiger partial charge on any atom is -0.463 e. The molecule has 0 saturated carbocycles. The molecule has 1 aliphatic rings. The van der Waals surface area contributed by atoms with Crippen molar-refractivity contribution in [1.82, 2.24) is 0 Å². The van der Waals surface area contributed by atoms with Crippen LogP contribution in [0.15, 0.2) is 42.5 Å². The number of hydrogen-bond donors (Lipinski definition) is 0. The lowest BCUT2D eigenvalue weighted by Crippen LogP contribution is -2.34. The average Bonchev–Trinajstić information content (AvgIpc) is 2.70. The van der Waals surface area contributed by atoms with E-state index >= 15 is 0 Å². The van der Waals surface area contributed by atoms with E-state index in [0.717, 1.165) is 5.56 Å². The van der Waals surface area contributed by atoms with Gasteiger partial charge in [-0.3, -0.25) is 0 Å². The standard InChI is InChI=1S/C28H36O2/c1-8-30-26(29)14-13-21-11-9-10-12-22(21)20(3)23-18-25-24(17-19(23)2)27(4,5)15-16-28(25,6)7/h9-14,17-18,20H,8,15-16H2,1-7H3/b14-13+. The van der Waals surface area contributed by atoms with Gasteiger partial charge in [-0.15, -0.1) is 0 Å². The second kappa shape index (κ2) is 8.41. The Morgan fingerprint density at radius 2 is 1.63 bits per heavy atom. The van der Waals surface area contributed by atoms with Crippen molar-refractivity contribution in [2.45, 2.75) is 78.1 Å². The maximum absolute atomic E-state index is 11.8. The zero-order chi connectivity index (χ0) is 22.1. The van der Waals surface area contributed by atoms with Crippen molar-refractivity contribution in [2.24, 2.45) is 0 Å². The Labute approximate surface area is 182 Å². The summed E-state index contributed by atoms with van der Waals surface area (Å²) >= 11 is 0. The second-order valence-corrected chi connectivity index (χ2v) is 9.96. The highest BCUT2D eigenvalue weighted by Crippen LogP contribution is 2.47. The van der Waals surface area contributed by atoms with Crippen molar-refractivity contribution in [3.8, 4) is 0 Å². The van der Waals surface area contributed by atoms with Gasteiger partial charge < -0.3 is 4.74 Å². The Morgan fingerprint density at radius 1 is 1.03 bits per heavy atom. The van der Waals surface area contributed by atoms with Crippen LogP contribution in [0.2, 0.25) is 0 Å². The first-order valence-corrected chi connectivity index (χ1v) is 11.2. The number of ether oxygens (including phenoxy) is 1. The number of carbonyl (C=O) groups excluding carboxylic acids is 1. The minimum atomic E-state index is -0.297. The molecule has 0 N–H and O–H groups in total. The van der Waals surface area contributed by atoms with Gasteiger partial charge in [-0.1, -0.05) is 71.0 Å². The number of fused-ring (bicyclic) bond motifs is 1. The fourth-order valence-corrected chi connectivity index (χ4v) is 4.78. The molecule has 3 rings (SSSR count). The van der Waals surface area contributed by atoms with Crippen LogP contribution in [0, 0.1) is 6.92 Å². The molecule has 0 bridgehead atoms. The largest absolute Gasteiger partial charge is 0.463 e. The SMILES string of the molecule is CCOC(=O)/C=C/c1ccccc1C(C)c1cc2c(cc1C)C(C)(C)CCC2(C)C. The molecule has 160 valence electrons. The Morgan fingerprint density at radius 3 is 2.27 bits per heavy atom. The Kier molecular flexibility index (Phi) is 6.26. The number of esters is 1. The second-order valence-electron chi connectivity index (χ2n) is 9.96. The molecule has 2 aromatic rings. The van der Waals surface area contributed by atoms with Crippen molar-refractivity contribution in [3.63, 3.8) is 0 Å². The number of aryl methyl sites for hydroxylation is 1. The fourth-order valence-electron chi connectivity index (χ4n) is 4.78. The van der Waals surface area contributed by atoms with E-state index in [1.54, 1.807) is 0 Å². The van der Waals surface area contributed by atoms with E-state index in [1.807, 2.05) is 19.1 Å². The molecular formula is C28H36O2. The predicted molar refractivity (Wildman–Crippen MR) is 126 cm³/mol. The lowest BCUT2D eigenvalue weighted by atomic mass is 9.62. The molecule has 1 aliphatic carbocycles. The molecule has 2 nitrogen and oxygen atoms in total. The van der Waals surface area contributed by atoms with Gasteiger partial charge in [0.05, 0.1) is 6.61 Å². The fraction of sp³-hybridized carbons (Fsp3) is 0.464. The van der Waals surface area contributed by atoms with E-state index in [-0.39, 0.29) is 22.7 Å². The van der Waals surface area contributed by atoms with E-state index in [0.29, 0.717) is 6.61 Å². The zero-order valence-electron chi connectivity index (χ0n) is 19.6. The van der Waals surface area contributed by atoms with E-state index < -0.39 is 0 Å². The van der Waals surface area contributed by atoms with E-state index in [4.69, 9.17) is 4.74 Å². The van der Waals surface area contributed by atoms with Crippen molar-refractivity contribution in [3.05, 3.63) is 75.9 Å². The van der Waals surface area contributed by atoms with Gasteiger partial charge in [-0.05, 0) is 77.0 Å². The zero-order valence-corrected chi connectivity index (χ0v) is 19.6. The van der Waals surface area contributed by atoms with Crippen LogP contribution < -0.4 is 0 Å². The first-order valence-electron chi connectivity index (χ1n) is 11.2. The van der Waals surface area contributed by atoms with E-state index in [1.165, 1.54) is 46.7 Å². The minimum absolute atomic E-state index is 0.191. The van der Waals surface area contributed by atoms with Crippen molar-refractivity contribution in [2.75, 3.05) is 6.61 Å². The third kappa shape index (κ3) is 4.38. The van der Waals surface area contributed by atoms with Gasteiger partial charge >= 0.3 is 5.97 Å². The van der Waals surface area contributed by atoms with Crippen LogP contribution in [0.5, 0.6) is 0 Å². The molecule has 0 saturated heterocycles. The highest BCUT2D eigenvalue weighted by molar-refractivity contribution is 5.87. The number of carbonyl (C=O) groups is 1. The first kappa shape index (κ1) is 22.3. The summed E-state index contributed by atoms with van der Waals surface area (Å²) in [5.74, 6) is -0.0620. The van der Waals surface area contributed by atoms with Gasteiger partial charge in [-0.2, -0.15) is 0 Å². The highest BCUT2D eigenvalue weighted by Gasteiger charge is 2.37. The van der Waals surface area contributed by atoms with Gasteiger partial charge in [0, 0.05) is 12.0 Å². The van der Waals surface area contributed by atoms with Gasteiger partial charge in [0.2, 0.25) is 0 Å². The lowest BCUT2D eigenvalue weighted by Gasteiger charge is -2.42. The summed E-state index contributed by atoms with van der Waals surface area (Å²) in [7, 11) is 0. The van der Waals surface area contributed by atoms with Crippen LogP contribution in [0.4, 0.5) is 0 Å². The van der Waals surface area contributed by atoms with Gasteiger partial charge in [-0.25, -0.2) is 4.79 Å². The number of benzene rings is 2. The molecule has 0 heterocycles. The van der Waals surface area contributed by atoms with Crippen LogP contribution in [-0.2, 0) is 20.4 Å². The molecule has 1 atom stereocenters. The summed E-state index contributed by atoms with van der Waals surface area (Å²) in [6.45, 7) is 16.2. The maximum Gasteiger partial charge on any atom is 0.330 e. The van der Waals surface area contributed by atoms with Gasteiger partial charge in [0.25, 0.3) is 0 Å². The maximum atomic E-state index is 11.8. The first-order chi connectivity index (χ1) is 14.1. The third-order valence-electron chi connectivity index (χ3n) is 6.85. The van der Waals surface area contributed by atoms with Crippen molar-refractivity contribution in [1.29, 1.82) is 0 Å². The van der Waals surface area contributed by atoms with Gasteiger partial charge in [0.1, 0.15) is 0 Å². The number of hydrogen-bond acceptors (Lipinski definition) is 2. The molecule has 30 heavy (non-hydrogen) atoms. The Balaban J connectivity index is 2.05. The smallest absolute Gasteiger partial charge is 0.330 e. The Hall–Kier alpha value is -2.35. The summed E-state index contributed by atoms with van der Waals surface area (Å²) in [5.41, 5.74) is 8.42.